The highest BCUT2D eigenvalue weighted by Crippen LogP contribution is 2.40. The molecule has 0 amide bonds. The highest BCUT2D eigenvalue weighted by molar-refractivity contribution is 7.19. The van der Waals surface area contributed by atoms with Gasteiger partial charge in [0.05, 0.1) is 5.39 Å². The molecule has 2 aromatic heterocycles. The Labute approximate surface area is 132 Å². The van der Waals surface area contributed by atoms with Crippen molar-refractivity contribution in [3.63, 3.8) is 0 Å². The first-order chi connectivity index (χ1) is 10.7. The molecular formula is C17H16FN3S. The lowest BCUT2D eigenvalue weighted by atomic mass is 9.89. The fourth-order valence-electron chi connectivity index (χ4n) is 3.04. The number of hydrogen-bond donors (Lipinski definition) is 1. The van der Waals surface area contributed by atoms with Gasteiger partial charge >= 0.3 is 0 Å². The lowest BCUT2D eigenvalue weighted by molar-refractivity contribution is 0.509. The maximum absolute atomic E-state index is 13.0. The fraction of sp³-hybridized carbons (Fsp3) is 0.294. The van der Waals surface area contributed by atoms with Gasteiger partial charge in [-0.05, 0) is 55.0 Å². The van der Waals surface area contributed by atoms with E-state index in [-0.39, 0.29) is 5.82 Å². The lowest BCUT2D eigenvalue weighted by Crippen LogP contribution is -2.09. The Morgan fingerprint density at radius 3 is 2.86 bits per heavy atom. The van der Waals surface area contributed by atoms with Crippen LogP contribution in [0.1, 0.15) is 23.8 Å². The third-order valence-corrected chi connectivity index (χ3v) is 5.36. The molecule has 1 aliphatic rings. The van der Waals surface area contributed by atoms with E-state index in [9.17, 15) is 4.39 Å². The van der Waals surface area contributed by atoms with Gasteiger partial charge in [0.15, 0.2) is 0 Å². The molecule has 4 rings (SSSR count). The average molecular weight is 313 g/mol. The summed E-state index contributed by atoms with van der Waals surface area (Å²) in [5.41, 5.74) is 2.23. The van der Waals surface area contributed by atoms with E-state index in [1.165, 1.54) is 29.0 Å². The zero-order chi connectivity index (χ0) is 15.1. The second kappa shape index (κ2) is 5.32. The zero-order valence-corrected chi connectivity index (χ0v) is 13.1. The van der Waals surface area contributed by atoms with Crippen LogP contribution in [0.25, 0.3) is 10.2 Å². The SMILES string of the molecule is CC1CCc2c(sc3ncnc(Nc4ccc(F)cc4)c23)C1. The first kappa shape index (κ1) is 13.6. The highest BCUT2D eigenvalue weighted by atomic mass is 32.1. The van der Waals surface area contributed by atoms with Crippen molar-refractivity contribution in [2.24, 2.45) is 5.92 Å². The van der Waals surface area contributed by atoms with Crippen LogP contribution < -0.4 is 5.32 Å². The van der Waals surface area contributed by atoms with Gasteiger partial charge in [-0.1, -0.05) is 6.92 Å². The smallest absolute Gasteiger partial charge is 0.142 e. The topological polar surface area (TPSA) is 37.8 Å². The molecule has 1 atom stereocenters. The standard InChI is InChI=1S/C17H16FN3S/c1-10-2-7-13-14(8-10)22-17-15(13)16(19-9-20-17)21-12-5-3-11(18)4-6-12/h3-6,9-10H,2,7-8H2,1H3,(H,19,20,21). The van der Waals surface area contributed by atoms with E-state index in [1.807, 2.05) is 0 Å². The predicted octanol–water partition coefficient (Wildman–Crippen LogP) is 4.70. The van der Waals surface area contributed by atoms with Gasteiger partial charge in [-0.25, -0.2) is 14.4 Å². The number of rotatable bonds is 2. The summed E-state index contributed by atoms with van der Waals surface area (Å²) in [5.74, 6) is 1.32. The van der Waals surface area contributed by atoms with Crippen LogP contribution in [0, 0.1) is 11.7 Å². The van der Waals surface area contributed by atoms with Gasteiger partial charge in [0.25, 0.3) is 0 Å². The van der Waals surface area contributed by atoms with Gasteiger partial charge in [0.1, 0.15) is 22.8 Å². The number of aromatic nitrogens is 2. The van der Waals surface area contributed by atoms with E-state index in [1.54, 1.807) is 29.8 Å². The van der Waals surface area contributed by atoms with Crippen molar-refractivity contribution in [1.29, 1.82) is 0 Å². The molecule has 5 heteroatoms. The summed E-state index contributed by atoms with van der Waals surface area (Å²) in [6, 6.07) is 6.35. The van der Waals surface area contributed by atoms with Crippen LogP contribution in [-0.2, 0) is 12.8 Å². The summed E-state index contributed by atoms with van der Waals surface area (Å²) in [7, 11) is 0. The summed E-state index contributed by atoms with van der Waals surface area (Å²) in [6.45, 7) is 2.30. The number of benzene rings is 1. The quantitative estimate of drug-likeness (QED) is 0.745. The van der Waals surface area contributed by atoms with E-state index in [0.29, 0.717) is 0 Å². The van der Waals surface area contributed by atoms with Gasteiger partial charge < -0.3 is 5.32 Å². The second-order valence-corrected chi connectivity index (χ2v) is 6.97. The van der Waals surface area contributed by atoms with Crippen molar-refractivity contribution < 1.29 is 4.39 Å². The van der Waals surface area contributed by atoms with Crippen LogP contribution in [0.15, 0.2) is 30.6 Å². The van der Waals surface area contributed by atoms with Crippen molar-refractivity contribution in [3.05, 3.63) is 46.9 Å². The van der Waals surface area contributed by atoms with Gasteiger partial charge in [-0.3, -0.25) is 0 Å². The number of halogens is 1. The second-order valence-electron chi connectivity index (χ2n) is 5.89. The molecule has 1 aromatic carbocycles. The molecule has 22 heavy (non-hydrogen) atoms. The summed E-state index contributed by atoms with van der Waals surface area (Å²) in [6.07, 6.45) is 5.03. The molecule has 0 aliphatic heterocycles. The van der Waals surface area contributed by atoms with Crippen LogP contribution in [0.4, 0.5) is 15.9 Å². The monoisotopic (exact) mass is 313 g/mol. The van der Waals surface area contributed by atoms with Gasteiger partial charge in [-0.2, -0.15) is 0 Å². The molecule has 0 bridgehead atoms. The molecule has 3 aromatic rings. The van der Waals surface area contributed by atoms with E-state index in [0.717, 1.165) is 40.5 Å². The molecule has 1 N–H and O–H groups in total. The van der Waals surface area contributed by atoms with Gasteiger partial charge in [0, 0.05) is 10.6 Å². The molecular weight excluding hydrogens is 297 g/mol. The summed E-state index contributed by atoms with van der Waals surface area (Å²) in [4.78, 5) is 11.3. The number of anilines is 2. The van der Waals surface area contributed by atoms with Crippen LogP contribution in [-0.4, -0.2) is 9.97 Å². The third kappa shape index (κ3) is 2.35. The van der Waals surface area contributed by atoms with Gasteiger partial charge in [-0.15, -0.1) is 11.3 Å². The Morgan fingerprint density at radius 2 is 2.05 bits per heavy atom. The molecule has 1 aliphatic carbocycles. The molecule has 1 unspecified atom stereocenters. The Balaban J connectivity index is 1.79. The van der Waals surface area contributed by atoms with Crippen molar-refractivity contribution in [1.82, 2.24) is 9.97 Å². The minimum atomic E-state index is -0.236. The predicted molar refractivity (Wildman–Crippen MR) is 88.3 cm³/mol. The number of aryl methyl sites for hydroxylation is 1. The molecule has 112 valence electrons. The van der Waals surface area contributed by atoms with Crippen molar-refractivity contribution in [3.8, 4) is 0 Å². The Hall–Kier alpha value is -2.01. The average Bonchev–Trinajstić information content (AvgIpc) is 2.88. The van der Waals surface area contributed by atoms with E-state index in [2.05, 4.69) is 22.2 Å². The minimum Gasteiger partial charge on any atom is -0.340 e. The van der Waals surface area contributed by atoms with Crippen LogP contribution >= 0.6 is 11.3 Å². The maximum Gasteiger partial charge on any atom is 0.142 e. The highest BCUT2D eigenvalue weighted by Gasteiger charge is 2.23. The summed E-state index contributed by atoms with van der Waals surface area (Å²) in [5, 5.41) is 4.45. The third-order valence-electron chi connectivity index (χ3n) is 4.20. The molecule has 0 spiro atoms. The van der Waals surface area contributed by atoms with E-state index < -0.39 is 0 Å². The summed E-state index contributed by atoms with van der Waals surface area (Å²) < 4.78 is 13.0. The van der Waals surface area contributed by atoms with Crippen LogP contribution in [0.3, 0.4) is 0 Å². The van der Waals surface area contributed by atoms with Crippen LogP contribution in [0.5, 0.6) is 0 Å². The van der Waals surface area contributed by atoms with E-state index in [4.69, 9.17) is 0 Å². The normalized spacial score (nSPS) is 17.5. The molecule has 3 nitrogen and oxygen atoms in total. The molecule has 0 radical (unpaired) electrons. The number of thiophene rings is 1. The first-order valence-corrected chi connectivity index (χ1v) is 8.30. The molecule has 2 heterocycles. The molecule has 0 saturated carbocycles. The Kier molecular flexibility index (Phi) is 3.30. The largest absolute Gasteiger partial charge is 0.340 e. The summed E-state index contributed by atoms with van der Waals surface area (Å²) >= 11 is 1.78. The zero-order valence-electron chi connectivity index (χ0n) is 12.3. The minimum absolute atomic E-state index is 0.236. The maximum atomic E-state index is 13.0. The van der Waals surface area contributed by atoms with E-state index >= 15 is 0 Å². The van der Waals surface area contributed by atoms with Crippen molar-refractivity contribution >= 4 is 33.1 Å². The fourth-order valence-corrected chi connectivity index (χ4v) is 4.39. The van der Waals surface area contributed by atoms with Crippen molar-refractivity contribution in [2.75, 3.05) is 5.32 Å². The van der Waals surface area contributed by atoms with Crippen molar-refractivity contribution in [2.45, 2.75) is 26.2 Å². The molecule has 0 fully saturated rings. The molecule has 0 saturated heterocycles. The Bertz CT molecular complexity index is 826. The first-order valence-electron chi connectivity index (χ1n) is 7.48. The van der Waals surface area contributed by atoms with Crippen LogP contribution in [0.2, 0.25) is 0 Å². The number of fused-ring (bicyclic) bond motifs is 3. The number of nitrogens with zero attached hydrogens (tertiary/aromatic N) is 2. The van der Waals surface area contributed by atoms with Gasteiger partial charge in [0.2, 0.25) is 0 Å². The Morgan fingerprint density at radius 1 is 1.23 bits per heavy atom. The number of hydrogen-bond acceptors (Lipinski definition) is 4. The number of nitrogens with one attached hydrogen (secondary N) is 1. The lowest BCUT2D eigenvalue weighted by Gasteiger charge is -2.18.